The first-order valence-corrected chi connectivity index (χ1v) is 8.24. The highest BCUT2D eigenvalue weighted by Crippen LogP contribution is 2.27. The third-order valence-corrected chi connectivity index (χ3v) is 4.45. The van der Waals surface area contributed by atoms with Crippen LogP contribution in [0.25, 0.3) is 0 Å². The first-order chi connectivity index (χ1) is 9.86. The first kappa shape index (κ1) is 17.8. The summed E-state index contributed by atoms with van der Waals surface area (Å²) in [5.41, 5.74) is -0.500. The van der Waals surface area contributed by atoms with Gasteiger partial charge in [-0.2, -0.15) is 11.8 Å². The molecule has 2 atom stereocenters. The highest BCUT2D eigenvalue weighted by molar-refractivity contribution is 7.99. The van der Waals surface area contributed by atoms with Crippen molar-refractivity contribution in [3.8, 4) is 0 Å². The zero-order valence-corrected chi connectivity index (χ0v) is 12.8. The molecule has 0 saturated carbocycles. The highest BCUT2D eigenvalue weighted by atomic mass is 32.2. The molecule has 0 amide bonds. The Hall–Kier alpha value is -1.29. The highest BCUT2D eigenvalue weighted by Gasteiger charge is 2.20. The van der Waals surface area contributed by atoms with Crippen molar-refractivity contribution in [2.45, 2.75) is 17.1 Å². The number of nitro benzene ring substituents is 1. The van der Waals surface area contributed by atoms with Gasteiger partial charge in [0.15, 0.2) is 0 Å². The van der Waals surface area contributed by atoms with E-state index in [1.54, 1.807) is 6.26 Å². The normalized spacial score (nSPS) is 13.7. The molecule has 0 aromatic heterocycles. The monoisotopic (exact) mass is 333 g/mol. The molecule has 0 aliphatic carbocycles. The maximum Gasteiger partial charge on any atom is 0.337 e. The van der Waals surface area contributed by atoms with Crippen molar-refractivity contribution in [3.05, 3.63) is 33.9 Å². The molecular weight excluding hydrogens is 318 g/mol. The largest absolute Gasteiger partial charge is 0.478 e. The molecule has 0 bridgehead atoms. The van der Waals surface area contributed by atoms with Crippen LogP contribution in [0.1, 0.15) is 10.4 Å². The molecule has 116 valence electrons. The molecular formula is C12H15NO6S2. The lowest BCUT2D eigenvalue weighted by Gasteiger charge is -2.16. The van der Waals surface area contributed by atoms with E-state index in [1.807, 2.05) is 0 Å². The average molecular weight is 333 g/mol. The van der Waals surface area contributed by atoms with Crippen LogP contribution >= 0.6 is 23.5 Å². The molecule has 7 nitrogen and oxygen atoms in total. The number of aliphatic hydroxyl groups is 2. The predicted octanol–water partition coefficient (Wildman–Crippen LogP) is 1.47. The van der Waals surface area contributed by atoms with Gasteiger partial charge in [-0.15, -0.1) is 11.8 Å². The van der Waals surface area contributed by atoms with Crippen LogP contribution in [0, 0.1) is 10.1 Å². The van der Waals surface area contributed by atoms with E-state index in [-0.39, 0.29) is 17.0 Å². The molecule has 1 aromatic rings. The lowest BCUT2D eigenvalue weighted by Crippen LogP contribution is -2.30. The maximum atomic E-state index is 11.1. The summed E-state index contributed by atoms with van der Waals surface area (Å²) in [5.74, 6) is -0.812. The number of nitro groups is 1. The molecule has 0 aliphatic rings. The zero-order chi connectivity index (χ0) is 16.0. The van der Waals surface area contributed by atoms with Crippen LogP contribution in [-0.4, -0.2) is 56.2 Å². The minimum atomic E-state index is -1.28. The molecule has 3 N–H and O–H groups in total. The summed E-state index contributed by atoms with van der Waals surface area (Å²) in [5, 5.41) is 39.1. The number of aromatic carboxylic acids is 1. The number of benzene rings is 1. The quantitative estimate of drug-likeness (QED) is 0.371. The van der Waals surface area contributed by atoms with Gasteiger partial charge in [-0.3, -0.25) is 10.1 Å². The van der Waals surface area contributed by atoms with Crippen molar-refractivity contribution in [1.29, 1.82) is 0 Å². The number of hydrogen-bond acceptors (Lipinski definition) is 7. The Balaban J connectivity index is 2.83. The number of hydrogen-bond donors (Lipinski definition) is 3. The first-order valence-electron chi connectivity index (χ1n) is 5.86. The van der Waals surface area contributed by atoms with Crippen LogP contribution in [-0.2, 0) is 0 Å². The molecule has 0 spiro atoms. The van der Waals surface area contributed by atoms with E-state index < -0.39 is 23.1 Å². The van der Waals surface area contributed by atoms with Gasteiger partial charge in [0.2, 0.25) is 0 Å². The molecule has 9 heteroatoms. The second-order valence-corrected chi connectivity index (χ2v) is 6.12. The van der Waals surface area contributed by atoms with Gasteiger partial charge in [0.05, 0.1) is 22.7 Å². The number of thioether (sulfide) groups is 2. The van der Waals surface area contributed by atoms with Crippen LogP contribution in [0.5, 0.6) is 0 Å². The Bertz CT molecular complexity index is 524. The van der Waals surface area contributed by atoms with Crippen LogP contribution in [0.3, 0.4) is 0 Å². The molecule has 0 saturated heterocycles. The van der Waals surface area contributed by atoms with Crippen molar-refractivity contribution in [2.24, 2.45) is 0 Å². The van der Waals surface area contributed by atoms with E-state index in [0.29, 0.717) is 10.6 Å². The average Bonchev–Trinajstić information content (AvgIpc) is 2.44. The molecule has 0 heterocycles. The van der Waals surface area contributed by atoms with Gasteiger partial charge in [-0.1, -0.05) is 0 Å². The molecule has 0 aliphatic heterocycles. The van der Waals surface area contributed by atoms with Crippen molar-refractivity contribution in [1.82, 2.24) is 0 Å². The summed E-state index contributed by atoms with van der Waals surface area (Å²) in [6.45, 7) is 0. The summed E-state index contributed by atoms with van der Waals surface area (Å²) in [6.07, 6.45) is -0.111. The van der Waals surface area contributed by atoms with Crippen molar-refractivity contribution < 1.29 is 25.0 Å². The van der Waals surface area contributed by atoms with E-state index >= 15 is 0 Å². The number of nitrogens with zero attached hydrogens (tertiary/aromatic N) is 1. The van der Waals surface area contributed by atoms with E-state index in [2.05, 4.69) is 0 Å². The number of carboxylic acid groups (broad SMARTS) is 1. The van der Waals surface area contributed by atoms with Crippen molar-refractivity contribution in [2.75, 3.05) is 17.8 Å². The Morgan fingerprint density at radius 1 is 1.33 bits per heavy atom. The van der Waals surface area contributed by atoms with Gasteiger partial charge in [-0.05, 0) is 12.3 Å². The van der Waals surface area contributed by atoms with Gasteiger partial charge in [0.25, 0.3) is 5.69 Å². The Kier molecular flexibility index (Phi) is 6.96. The molecule has 0 radical (unpaired) electrons. The Morgan fingerprint density at radius 2 is 1.95 bits per heavy atom. The van der Waals surface area contributed by atoms with Crippen LogP contribution in [0.4, 0.5) is 5.69 Å². The predicted molar refractivity (Wildman–Crippen MR) is 81.2 cm³/mol. The Morgan fingerprint density at radius 3 is 2.48 bits per heavy atom. The number of aliphatic hydroxyl groups excluding tert-OH is 2. The Labute approximate surface area is 129 Å². The summed E-state index contributed by atoms with van der Waals surface area (Å²) >= 11 is 2.42. The van der Waals surface area contributed by atoms with Gasteiger partial charge in [-0.25, -0.2) is 4.79 Å². The van der Waals surface area contributed by atoms with Gasteiger partial charge < -0.3 is 15.3 Å². The van der Waals surface area contributed by atoms with Crippen LogP contribution in [0.2, 0.25) is 0 Å². The van der Waals surface area contributed by atoms with Crippen molar-refractivity contribution >= 4 is 35.2 Å². The SMILES string of the molecule is CSCC(O)C(O)CSc1ccc([N+](=O)[O-])cc1C(=O)O. The molecule has 2 unspecified atom stereocenters. The molecule has 0 fully saturated rings. The summed E-state index contributed by atoms with van der Waals surface area (Å²) in [7, 11) is 0. The third kappa shape index (κ3) is 5.20. The van der Waals surface area contributed by atoms with Gasteiger partial charge in [0.1, 0.15) is 0 Å². The second-order valence-electron chi connectivity index (χ2n) is 4.14. The van der Waals surface area contributed by atoms with E-state index in [1.165, 1.54) is 23.9 Å². The molecule has 1 aromatic carbocycles. The van der Waals surface area contributed by atoms with E-state index in [9.17, 15) is 25.1 Å². The third-order valence-electron chi connectivity index (χ3n) is 2.60. The van der Waals surface area contributed by atoms with Gasteiger partial charge >= 0.3 is 5.97 Å². The minimum Gasteiger partial charge on any atom is -0.478 e. The minimum absolute atomic E-state index is 0.0970. The number of carboxylic acids is 1. The summed E-state index contributed by atoms with van der Waals surface area (Å²) in [4.78, 5) is 21.4. The molecule has 1 rings (SSSR count). The number of carbonyl (C=O) groups is 1. The fraction of sp³-hybridized carbons (Fsp3) is 0.417. The van der Waals surface area contributed by atoms with Crippen LogP contribution < -0.4 is 0 Å². The van der Waals surface area contributed by atoms with Gasteiger partial charge in [0, 0.05) is 28.5 Å². The second kappa shape index (κ2) is 8.23. The summed E-state index contributed by atoms with van der Waals surface area (Å²) < 4.78 is 0. The van der Waals surface area contributed by atoms with E-state index in [0.717, 1.165) is 17.8 Å². The lowest BCUT2D eigenvalue weighted by molar-refractivity contribution is -0.384. The lowest BCUT2D eigenvalue weighted by atomic mass is 10.2. The smallest absolute Gasteiger partial charge is 0.337 e. The van der Waals surface area contributed by atoms with Crippen molar-refractivity contribution in [3.63, 3.8) is 0 Å². The number of non-ortho nitro benzene ring substituents is 1. The van der Waals surface area contributed by atoms with E-state index in [4.69, 9.17) is 5.11 Å². The fourth-order valence-corrected chi connectivity index (χ4v) is 3.09. The number of rotatable bonds is 8. The fourth-order valence-electron chi connectivity index (χ4n) is 1.49. The maximum absolute atomic E-state index is 11.1. The van der Waals surface area contributed by atoms with Crippen LogP contribution in [0.15, 0.2) is 23.1 Å². The topological polar surface area (TPSA) is 121 Å². The standard InChI is InChI=1S/C12H15NO6S2/c1-20-5-9(14)10(15)6-21-11-3-2-7(13(18)19)4-8(11)12(16)17/h2-4,9-10,14-15H,5-6H2,1H3,(H,16,17). The molecule has 21 heavy (non-hydrogen) atoms. The zero-order valence-electron chi connectivity index (χ0n) is 11.1. The summed E-state index contributed by atoms with van der Waals surface area (Å²) in [6, 6.07) is 3.52.